The van der Waals surface area contributed by atoms with Gasteiger partial charge in [0.25, 0.3) is 5.91 Å². The van der Waals surface area contributed by atoms with Crippen LogP contribution in [0.1, 0.15) is 80.3 Å². The Kier molecular flexibility index (Phi) is 8.80. The fourth-order valence-corrected chi connectivity index (χ4v) is 10.5. The Balaban J connectivity index is 1.07. The third kappa shape index (κ3) is 5.76. The van der Waals surface area contributed by atoms with Crippen LogP contribution < -0.4 is 16.0 Å². The molecule has 0 bridgehead atoms. The van der Waals surface area contributed by atoms with Crippen LogP contribution in [0.4, 0.5) is 10.5 Å². The monoisotopic (exact) mass is 717 g/mol. The van der Waals surface area contributed by atoms with Gasteiger partial charge in [-0.05, 0) is 122 Å². The van der Waals surface area contributed by atoms with Crippen LogP contribution in [-0.2, 0) is 22.5 Å². The van der Waals surface area contributed by atoms with Gasteiger partial charge in [0.2, 0.25) is 5.76 Å². The van der Waals surface area contributed by atoms with Gasteiger partial charge in [0.05, 0.1) is 29.9 Å². The molecule has 3 fully saturated rings. The molecule has 3 saturated carbocycles. The SMILES string of the molecule is CCNC(=O)Nc1ccc(-n2ncc3c2C=C2CCC4C([C@@H](O)C[C@@]5(C)C4CC[C@]5(OC(=O)c4ccco4)C(=O)NCc4ccccc4)[C@@]2(C)C3)cc1. The first kappa shape index (κ1) is 34.9. The van der Waals surface area contributed by atoms with E-state index in [9.17, 15) is 19.5 Å². The zero-order chi connectivity index (χ0) is 37.0. The number of furan rings is 1. The Morgan fingerprint density at radius 2 is 1.81 bits per heavy atom. The summed E-state index contributed by atoms with van der Waals surface area (Å²) in [6.45, 7) is 7.06. The molecule has 4 N–H and O–H groups in total. The molecule has 4 aliphatic rings. The molecule has 0 spiro atoms. The molecule has 276 valence electrons. The number of aromatic nitrogens is 2. The van der Waals surface area contributed by atoms with Crippen molar-refractivity contribution in [3.05, 3.63) is 107 Å². The number of hydrogen-bond acceptors (Lipinski definition) is 7. The van der Waals surface area contributed by atoms with E-state index in [1.807, 2.05) is 72.4 Å². The van der Waals surface area contributed by atoms with Crippen molar-refractivity contribution < 1.29 is 28.6 Å². The van der Waals surface area contributed by atoms with Gasteiger partial charge in [-0.3, -0.25) is 4.79 Å². The summed E-state index contributed by atoms with van der Waals surface area (Å²) in [4.78, 5) is 40.0. The highest BCUT2D eigenvalue weighted by atomic mass is 16.6. The first-order valence-corrected chi connectivity index (χ1v) is 18.8. The average molecular weight is 718 g/mol. The molecule has 11 heteroatoms. The van der Waals surface area contributed by atoms with Crippen molar-refractivity contribution in [2.75, 3.05) is 11.9 Å². The number of allylic oxidation sites excluding steroid dienone is 1. The number of ether oxygens (including phenoxy) is 1. The summed E-state index contributed by atoms with van der Waals surface area (Å²) in [5.41, 5.74) is 3.40. The molecule has 8 rings (SSSR count). The summed E-state index contributed by atoms with van der Waals surface area (Å²) in [6.07, 6.45) is 8.76. The number of hydrogen-bond donors (Lipinski definition) is 4. The van der Waals surface area contributed by atoms with Gasteiger partial charge in [-0.2, -0.15) is 5.10 Å². The molecule has 2 heterocycles. The lowest BCUT2D eigenvalue weighted by Gasteiger charge is -2.60. The molecule has 53 heavy (non-hydrogen) atoms. The number of esters is 1. The Morgan fingerprint density at radius 3 is 2.55 bits per heavy atom. The molecule has 11 nitrogen and oxygen atoms in total. The summed E-state index contributed by atoms with van der Waals surface area (Å²) in [7, 11) is 0. The molecule has 4 aliphatic carbocycles. The lowest BCUT2D eigenvalue weighted by molar-refractivity contribution is -0.182. The van der Waals surface area contributed by atoms with Crippen LogP contribution in [-0.4, -0.2) is 51.0 Å². The van der Waals surface area contributed by atoms with Crippen LogP contribution in [0, 0.1) is 28.6 Å². The van der Waals surface area contributed by atoms with E-state index in [-0.39, 0.29) is 40.9 Å². The summed E-state index contributed by atoms with van der Waals surface area (Å²) < 4.78 is 13.7. The van der Waals surface area contributed by atoms with Crippen molar-refractivity contribution in [2.45, 2.75) is 77.5 Å². The van der Waals surface area contributed by atoms with Crippen LogP contribution in [0.15, 0.2) is 89.2 Å². The van der Waals surface area contributed by atoms with Gasteiger partial charge < -0.3 is 30.2 Å². The van der Waals surface area contributed by atoms with Crippen LogP contribution in [0.25, 0.3) is 11.8 Å². The van der Waals surface area contributed by atoms with E-state index < -0.39 is 23.1 Å². The molecule has 0 aliphatic heterocycles. The van der Waals surface area contributed by atoms with Gasteiger partial charge in [0, 0.05) is 24.2 Å². The predicted octanol–water partition coefficient (Wildman–Crippen LogP) is 6.67. The van der Waals surface area contributed by atoms with E-state index in [2.05, 4.69) is 35.9 Å². The van der Waals surface area contributed by atoms with E-state index in [4.69, 9.17) is 14.3 Å². The van der Waals surface area contributed by atoms with Crippen molar-refractivity contribution >= 4 is 29.7 Å². The molecular weight excluding hydrogens is 670 g/mol. The minimum Gasteiger partial charge on any atom is -0.457 e. The Labute approximate surface area is 309 Å². The maximum absolute atomic E-state index is 14.5. The molecular formula is C42H47N5O6. The van der Waals surface area contributed by atoms with Crippen molar-refractivity contribution in [1.29, 1.82) is 0 Å². The first-order chi connectivity index (χ1) is 25.6. The molecule has 7 atom stereocenters. The van der Waals surface area contributed by atoms with Crippen LogP contribution in [0.5, 0.6) is 0 Å². The maximum Gasteiger partial charge on any atom is 0.375 e. The topological polar surface area (TPSA) is 148 Å². The molecule has 2 aromatic heterocycles. The van der Waals surface area contributed by atoms with Gasteiger partial charge in [0.15, 0.2) is 5.60 Å². The molecule has 3 unspecified atom stereocenters. The third-order valence-electron chi connectivity index (χ3n) is 12.9. The number of fused-ring (bicyclic) bond motifs is 6. The number of benzene rings is 2. The number of amides is 3. The second kappa shape index (κ2) is 13.4. The number of urea groups is 1. The maximum atomic E-state index is 14.5. The number of carbonyl (C=O) groups is 3. The minimum absolute atomic E-state index is 0.0411. The number of nitrogens with zero attached hydrogens (tertiary/aromatic N) is 2. The summed E-state index contributed by atoms with van der Waals surface area (Å²) >= 11 is 0. The lowest BCUT2D eigenvalue weighted by atomic mass is 9.45. The van der Waals surface area contributed by atoms with E-state index in [1.165, 1.54) is 11.8 Å². The highest BCUT2D eigenvalue weighted by Gasteiger charge is 2.71. The number of aliphatic hydroxyl groups excluding tert-OH is 1. The van der Waals surface area contributed by atoms with E-state index in [0.29, 0.717) is 38.0 Å². The third-order valence-corrected chi connectivity index (χ3v) is 12.9. The second-order valence-corrected chi connectivity index (χ2v) is 15.7. The summed E-state index contributed by atoms with van der Waals surface area (Å²) in [5.74, 6) is -0.820. The Morgan fingerprint density at radius 1 is 1.02 bits per heavy atom. The average Bonchev–Trinajstić information content (AvgIpc) is 3.89. The molecule has 0 radical (unpaired) electrons. The highest BCUT2D eigenvalue weighted by molar-refractivity contribution is 5.93. The van der Waals surface area contributed by atoms with Crippen molar-refractivity contribution in [1.82, 2.24) is 20.4 Å². The molecule has 2 aromatic carbocycles. The Hall–Kier alpha value is -5.16. The zero-order valence-corrected chi connectivity index (χ0v) is 30.4. The number of rotatable bonds is 8. The predicted molar refractivity (Wildman–Crippen MR) is 199 cm³/mol. The van der Waals surface area contributed by atoms with Crippen LogP contribution in [0.3, 0.4) is 0 Å². The van der Waals surface area contributed by atoms with Gasteiger partial charge in [-0.25, -0.2) is 14.3 Å². The summed E-state index contributed by atoms with van der Waals surface area (Å²) in [5, 5.41) is 25.8. The standard InChI is InChI=1S/C42H47N5O6/c1-4-43-39(51)46-29-13-15-30(16-14-29)47-33-21-28-12-17-31-32-18-19-42(53-37(49)35-11-8-20-52-35,38(50)44-24-26-9-6-5-7-10-26)41(32,3)23-34(48)36(31)40(28,2)22-27(33)25-45-47/h5-11,13-16,20-21,25,31-32,34,36,48H,4,12,17-19,22-24H2,1-3H3,(H,44,50)(H2,43,46,51)/t31?,32?,34-,36?,40-,41-,42-/m0/s1. The number of nitrogens with one attached hydrogen (secondary N) is 3. The van der Waals surface area contributed by atoms with Crippen LogP contribution >= 0.6 is 0 Å². The normalized spacial score (nSPS) is 29.8. The minimum atomic E-state index is -1.48. The van der Waals surface area contributed by atoms with Crippen LogP contribution in [0.2, 0.25) is 0 Å². The molecule has 4 aromatic rings. The number of aliphatic hydroxyl groups is 1. The van der Waals surface area contributed by atoms with Gasteiger partial charge in [-0.15, -0.1) is 0 Å². The summed E-state index contributed by atoms with van der Waals surface area (Å²) in [6, 6.07) is 20.3. The zero-order valence-electron chi connectivity index (χ0n) is 30.4. The highest BCUT2D eigenvalue weighted by Crippen LogP contribution is 2.68. The lowest BCUT2D eigenvalue weighted by Crippen LogP contribution is -2.64. The largest absolute Gasteiger partial charge is 0.457 e. The van der Waals surface area contributed by atoms with Crippen molar-refractivity contribution in [3.63, 3.8) is 0 Å². The fourth-order valence-electron chi connectivity index (χ4n) is 10.5. The molecule has 0 saturated heterocycles. The van der Waals surface area contributed by atoms with Crippen molar-refractivity contribution in [3.8, 4) is 5.69 Å². The number of carbonyl (C=O) groups excluding carboxylic acids is 3. The smallest absolute Gasteiger partial charge is 0.375 e. The van der Waals surface area contributed by atoms with E-state index in [1.54, 1.807) is 12.1 Å². The van der Waals surface area contributed by atoms with Gasteiger partial charge in [0.1, 0.15) is 0 Å². The first-order valence-electron chi connectivity index (χ1n) is 18.8. The Bertz CT molecular complexity index is 2040. The number of anilines is 1. The van der Waals surface area contributed by atoms with E-state index >= 15 is 0 Å². The fraction of sp³-hybridized carbons (Fsp3) is 0.429. The van der Waals surface area contributed by atoms with Gasteiger partial charge in [-0.1, -0.05) is 49.8 Å². The van der Waals surface area contributed by atoms with Crippen molar-refractivity contribution in [2.24, 2.45) is 28.6 Å². The van der Waals surface area contributed by atoms with E-state index in [0.717, 1.165) is 41.8 Å². The quantitative estimate of drug-likeness (QED) is 0.149. The second-order valence-electron chi connectivity index (χ2n) is 15.7. The molecule has 3 amide bonds. The van der Waals surface area contributed by atoms with Gasteiger partial charge >= 0.3 is 12.0 Å².